The van der Waals surface area contributed by atoms with Crippen LogP contribution < -0.4 is 10.2 Å². The number of rotatable bonds is 6. The number of anilines is 2. The zero-order valence-electron chi connectivity index (χ0n) is 16.6. The molecule has 0 saturated carbocycles. The van der Waals surface area contributed by atoms with Gasteiger partial charge in [0.05, 0.1) is 18.7 Å². The fraction of sp³-hybridized carbons (Fsp3) is 0.125. The third-order valence-electron chi connectivity index (χ3n) is 4.34. The number of para-hydroxylation sites is 1. The zero-order chi connectivity index (χ0) is 21.3. The molecule has 0 bridgehead atoms. The Hall–Kier alpha value is -3.93. The lowest BCUT2D eigenvalue weighted by Gasteiger charge is -2.22. The molecule has 30 heavy (non-hydrogen) atoms. The van der Waals surface area contributed by atoms with Crippen molar-refractivity contribution in [2.75, 3.05) is 16.8 Å². The van der Waals surface area contributed by atoms with Gasteiger partial charge in [0.25, 0.3) is 0 Å². The molecule has 0 aromatic heterocycles. The molecule has 0 aliphatic rings. The number of carbonyl (C=O) groups is 3. The average Bonchev–Trinajstić information content (AvgIpc) is 2.79. The van der Waals surface area contributed by atoms with Crippen LogP contribution in [0.2, 0.25) is 0 Å². The molecule has 0 saturated heterocycles. The third kappa shape index (κ3) is 5.32. The van der Waals surface area contributed by atoms with Crippen LogP contribution in [-0.4, -0.2) is 24.4 Å². The predicted octanol–water partition coefficient (Wildman–Crippen LogP) is 4.04. The summed E-state index contributed by atoms with van der Waals surface area (Å²) in [6.45, 7) is 2.27. The quantitative estimate of drug-likeness (QED) is 0.499. The molecule has 0 spiro atoms. The Morgan fingerprint density at radius 3 is 2.03 bits per heavy atom. The second-order valence-corrected chi connectivity index (χ2v) is 6.46. The van der Waals surface area contributed by atoms with E-state index in [-0.39, 0.29) is 13.2 Å². The van der Waals surface area contributed by atoms with Gasteiger partial charge in [-0.1, -0.05) is 48.5 Å². The highest BCUT2D eigenvalue weighted by Crippen LogP contribution is 2.18. The fourth-order valence-electron chi connectivity index (χ4n) is 2.87. The lowest BCUT2D eigenvalue weighted by Crippen LogP contribution is -2.39. The molecule has 3 aromatic rings. The molecule has 0 unspecified atom stereocenters. The largest absolute Gasteiger partial charge is 0.462 e. The molecule has 1 N–H and O–H groups in total. The van der Waals surface area contributed by atoms with Gasteiger partial charge < -0.3 is 10.1 Å². The van der Waals surface area contributed by atoms with Gasteiger partial charge in [-0.15, -0.1) is 0 Å². The highest BCUT2D eigenvalue weighted by Gasteiger charge is 2.23. The van der Waals surface area contributed by atoms with Gasteiger partial charge in [-0.05, 0) is 48.9 Å². The first-order chi connectivity index (χ1) is 14.6. The summed E-state index contributed by atoms with van der Waals surface area (Å²) in [5, 5.41) is 2.59. The molecule has 0 radical (unpaired) electrons. The average molecular weight is 402 g/mol. The van der Waals surface area contributed by atoms with Gasteiger partial charge in [-0.3, -0.25) is 14.5 Å². The summed E-state index contributed by atoms with van der Waals surface area (Å²) in [6, 6.07) is 24.7. The minimum atomic E-state index is -0.765. The van der Waals surface area contributed by atoms with Crippen molar-refractivity contribution in [3.05, 3.63) is 96.1 Å². The van der Waals surface area contributed by atoms with Crippen LogP contribution >= 0.6 is 0 Å². The molecule has 2 amide bonds. The van der Waals surface area contributed by atoms with E-state index >= 15 is 0 Å². The molecule has 0 fully saturated rings. The molecule has 0 heterocycles. The molecular weight excluding hydrogens is 380 g/mol. The second-order valence-electron chi connectivity index (χ2n) is 6.46. The number of nitrogens with zero attached hydrogens (tertiary/aromatic N) is 1. The van der Waals surface area contributed by atoms with E-state index in [2.05, 4.69) is 5.32 Å². The van der Waals surface area contributed by atoms with E-state index in [1.165, 1.54) is 17.0 Å². The Labute approximate surface area is 175 Å². The van der Waals surface area contributed by atoms with Gasteiger partial charge in [-0.2, -0.15) is 0 Å². The third-order valence-corrected chi connectivity index (χ3v) is 4.34. The van der Waals surface area contributed by atoms with E-state index in [1.807, 2.05) is 48.5 Å². The van der Waals surface area contributed by atoms with Crippen LogP contribution in [-0.2, 0) is 20.9 Å². The maximum absolute atomic E-state index is 13.0. The molecule has 0 atom stereocenters. The van der Waals surface area contributed by atoms with E-state index in [4.69, 9.17) is 4.74 Å². The monoisotopic (exact) mass is 402 g/mol. The van der Waals surface area contributed by atoms with Crippen LogP contribution in [0.15, 0.2) is 84.9 Å². The van der Waals surface area contributed by atoms with Crippen LogP contribution in [0.4, 0.5) is 11.4 Å². The lowest BCUT2D eigenvalue weighted by atomic mass is 10.2. The Bertz CT molecular complexity index is 1000. The summed E-state index contributed by atoms with van der Waals surface area (Å²) < 4.78 is 4.94. The predicted molar refractivity (Wildman–Crippen MR) is 115 cm³/mol. The van der Waals surface area contributed by atoms with Gasteiger partial charge in [0.15, 0.2) is 0 Å². The molecular formula is C24H22N2O4. The molecule has 0 aliphatic heterocycles. The van der Waals surface area contributed by atoms with Gasteiger partial charge in [0, 0.05) is 11.4 Å². The number of hydrogen-bond donors (Lipinski definition) is 1. The van der Waals surface area contributed by atoms with E-state index in [1.54, 1.807) is 31.2 Å². The second kappa shape index (κ2) is 10.0. The van der Waals surface area contributed by atoms with Gasteiger partial charge in [0.1, 0.15) is 0 Å². The Morgan fingerprint density at radius 2 is 1.43 bits per heavy atom. The summed E-state index contributed by atoms with van der Waals surface area (Å²) in [6.07, 6.45) is 0. The van der Waals surface area contributed by atoms with E-state index in [0.29, 0.717) is 16.9 Å². The van der Waals surface area contributed by atoms with Crippen LogP contribution in [0.1, 0.15) is 22.8 Å². The van der Waals surface area contributed by atoms with Crippen molar-refractivity contribution in [2.24, 2.45) is 0 Å². The molecule has 0 aliphatic carbocycles. The van der Waals surface area contributed by atoms with Crippen molar-refractivity contribution >= 4 is 29.2 Å². The number of ether oxygens (including phenoxy) is 1. The van der Waals surface area contributed by atoms with Crippen molar-refractivity contribution < 1.29 is 19.1 Å². The maximum atomic E-state index is 13.0. The standard InChI is InChI=1S/C24H22N2O4/c1-2-30-24(29)19-13-15-20(16-14-19)25-22(27)23(28)26(21-11-7-4-8-12-21)17-18-9-5-3-6-10-18/h3-16H,2,17H2,1H3,(H,25,27). The van der Waals surface area contributed by atoms with Gasteiger partial charge >= 0.3 is 17.8 Å². The highest BCUT2D eigenvalue weighted by atomic mass is 16.5. The van der Waals surface area contributed by atoms with Crippen molar-refractivity contribution in [1.82, 2.24) is 0 Å². The smallest absolute Gasteiger partial charge is 0.338 e. The van der Waals surface area contributed by atoms with Crippen LogP contribution in [0.25, 0.3) is 0 Å². The molecule has 3 aromatic carbocycles. The molecule has 6 heteroatoms. The van der Waals surface area contributed by atoms with Crippen molar-refractivity contribution in [3.8, 4) is 0 Å². The van der Waals surface area contributed by atoms with Crippen LogP contribution in [0, 0.1) is 0 Å². The first-order valence-electron chi connectivity index (χ1n) is 9.57. The lowest BCUT2D eigenvalue weighted by molar-refractivity contribution is -0.134. The minimum Gasteiger partial charge on any atom is -0.462 e. The number of nitrogens with one attached hydrogen (secondary N) is 1. The number of esters is 1. The maximum Gasteiger partial charge on any atom is 0.338 e. The summed E-state index contributed by atoms with van der Waals surface area (Å²) in [5.41, 5.74) is 2.31. The Kier molecular flexibility index (Phi) is 6.95. The molecule has 3 rings (SSSR count). The van der Waals surface area contributed by atoms with E-state index in [9.17, 15) is 14.4 Å². The summed E-state index contributed by atoms with van der Waals surface area (Å²) in [5.74, 6) is -1.89. The summed E-state index contributed by atoms with van der Waals surface area (Å²) in [7, 11) is 0. The normalized spacial score (nSPS) is 10.2. The van der Waals surface area contributed by atoms with E-state index in [0.717, 1.165) is 5.56 Å². The zero-order valence-corrected chi connectivity index (χ0v) is 16.6. The first-order valence-corrected chi connectivity index (χ1v) is 9.57. The topological polar surface area (TPSA) is 75.7 Å². The summed E-state index contributed by atoms with van der Waals surface area (Å²) >= 11 is 0. The highest BCUT2D eigenvalue weighted by molar-refractivity contribution is 6.44. The fourth-order valence-corrected chi connectivity index (χ4v) is 2.87. The first kappa shape index (κ1) is 20.8. The number of amides is 2. The van der Waals surface area contributed by atoms with Gasteiger partial charge in [0.2, 0.25) is 0 Å². The van der Waals surface area contributed by atoms with Crippen molar-refractivity contribution in [3.63, 3.8) is 0 Å². The van der Waals surface area contributed by atoms with Crippen LogP contribution in [0.5, 0.6) is 0 Å². The summed E-state index contributed by atoms with van der Waals surface area (Å²) in [4.78, 5) is 38.8. The Morgan fingerprint density at radius 1 is 0.833 bits per heavy atom. The molecule has 6 nitrogen and oxygen atoms in total. The van der Waals surface area contributed by atoms with Crippen LogP contribution in [0.3, 0.4) is 0 Å². The molecule has 152 valence electrons. The SMILES string of the molecule is CCOC(=O)c1ccc(NC(=O)C(=O)N(Cc2ccccc2)c2ccccc2)cc1. The number of hydrogen-bond acceptors (Lipinski definition) is 4. The number of benzene rings is 3. The van der Waals surface area contributed by atoms with E-state index < -0.39 is 17.8 Å². The van der Waals surface area contributed by atoms with Crippen molar-refractivity contribution in [1.29, 1.82) is 0 Å². The van der Waals surface area contributed by atoms with Gasteiger partial charge in [-0.25, -0.2) is 4.79 Å². The Balaban J connectivity index is 1.75. The minimum absolute atomic E-state index is 0.263. The number of carbonyl (C=O) groups excluding carboxylic acids is 3. The van der Waals surface area contributed by atoms with Crippen molar-refractivity contribution in [2.45, 2.75) is 13.5 Å².